The lowest BCUT2D eigenvalue weighted by molar-refractivity contribution is -0.149. The Balaban J connectivity index is 2.09. The highest BCUT2D eigenvalue weighted by atomic mass is 32.1. The molecular formula is C23H38N4O3S. The van der Waals surface area contributed by atoms with E-state index in [0.717, 1.165) is 56.5 Å². The summed E-state index contributed by atoms with van der Waals surface area (Å²) < 4.78 is 5.72. The molecule has 2 heterocycles. The summed E-state index contributed by atoms with van der Waals surface area (Å²) in [7, 11) is 0. The van der Waals surface area contributed by atoms with E-state index in [1.165, 1.54) is 17.8 Å². The summed E-state index contributed by atoms with van der Waals surface area (Å²) in [4.78, 5) is 29.0. The fraction of sp³-hybridized carbons (Fsp3) is 0.739. The lowest BCUT2D eigenvalue weighted by Gasteiger charge is -2.39. The standard InChI is InChI=1S/C23H38N4O3S/c1-4-7-10-13-17-26-18-16-20(30-21(28)15-12-9-6-3)27(23(26)29)22-25-24-19(31-22)14-11-8-5-2/h6,9,20H,4-5,7-8,10-18H2,1-3H3. The second-order valence-corrected chi connectivity index (χ2v) is 9.02. The molecule has 1 aromatic rings. The van der Waals surface area contributed by atoms with Gasteiger partial charge in [0.25, 0.3) is 0 Å². The predicted octanol–water partition coefficient (Wildman–Crippen LogP) is 5.71. The van der Waals surface area contributed by atoms with Crippen LogP contribution in [0.3, 0.4) is 0 Å². The molecule has 1 fully saturated rings. The summed E-state index contributed by atoms with van der Waals surface area (Å²) in [5.41, 5.74) is 0. The van der Waals surface area contributed by atoms with E-state index in [-0.39, 0.29) is 12.0 Å². The first-order chi connectivity index (χ1) is 15.1. The number of rotatable bonds is 14. The molecule has 1 atom stereocenters. The van der Waals surface area contributed by atoms with Gasteiger partial charge in [0.2, 0.25) is 5.13 Å². The first-order valence-corrected chi connectivity index (χ1v) is 12.6. The molecule has 2 amide bonds. The van der Waals surface area contributed by atoms with Crippen molar-refractivity contribution in [2.45, 2.75) is 97.6 Å². The Bertz CT molecular complexity index is 707. The Morgan fingerprint density at radius 1 is 1.16 bits per heavy atom. The van der Waals surface area contributed by atoms with Gasteiger partial charge in [-0.2, -0.15) is 0 Å². The van der Waals surface area contributed by atoms with Gasteiger partial charge in [-0.3, -0.25) is 4.79 Å². The Morgan fingerprint density at radius 2 is 1.94 bits per heavy atom. The number of allylic oxidation sites excluding steroid dienone is 2. The van der Waals surface area contributed by atoms with E-state index in [2.05, 4.69) is 24.0 Å². The zero-order valence-corrected chi connectivity index (χ0v) is 20.2. The van der Waals surface area contributed by atoms with E-state index in [4.69, 9.17) is 4.74 Å². The first-order valence-electron chi connectivity index (χ1n) is 11.8. The first kappa shape index (κ1) is 25.3. The van der Waals surface area contributed by atoms with Crippen LogP contribution in [0.1, 0.15) is 90.0 Å². The van der Waals surface area contributed by atoms with Crippen molar-refractivity contribution in [3.8, 4) is 0 Å². The Kier molecular flexibility index (Phi) is 11.6. The molecule has 0 aliphatic carbocycles. The predicted molar refractivity (Wildman–Crippen MR) is 125 cm³/mol. The van der Waals surface area contributed by atoms with Crippen molar-refractivity contribution in [3.63, 3.8) is 0 Å². The Labute approximate surface area is 190 Å². The second-order valence-electron chi connectivity index (χ2n) is 7.98. The van der Waals surface area contributed by atoms with E-state index < -0.39 is 6.23 Å². The van der Waals surface area contributed by atoms with Gasteiger partial charge in [0.15, 0.2) is 6.23 Å². The van der Waals surface area contributed by atoms with Gasteiger partial charge in [0.05, 0.1) is 0 Å². The quantitative estimate of drug-likeness (QED) is 0.206. The van der Waals surface area contributed by atoms with Crippen LogP contribution in [0.2, 0.25) is 0 Å². The normalized spacial score (nSPS) is 17.0. The van der Waals surface area contributed by atoms with E-state index >= 15 is 0 Å². The SMILES string of the molecule is CC=CCCC(=O)OC1CCN(CCCCCC)C(=O)N1c1nnc(CCCCC)s1. The molecule has 31 heavy (non-hydrogen) atoms. The highest BCUT2D eigenvalue weighted by Gasteiger charge is 2.38. The zero-order chi connectivity index (χ0) is 22.5. The van der Waals surface area contributed by atoms with Crippen molar-refractivity contribution in [2.24, 2.45) is 0 Å². The number of amides is 2. The number of anilines is 1. The summed E-state index contributed by atoms with van der Waals surface area (Å²) in [5.74, 6) is -0.287. The van der Waals surface area contributed by atoms with Gasteiger partial charge in [-0.05, 0) is 26.2 Å². The highest BCUT2D eigenvalue weighted by Crippen LogP contribution is 2.29. The van der Waals surface area contributed by atoms with Crippen molar-refractivity contribution < 1.29 is 14.3 Å². The average molecular weight is 451 g/mol. The summed E-state index contributed by atoms with van der Waals surface area (Å²) >= 11 is 1.43. The summed E-state index contributed by atoms with van der Waals surface area (Å²) in [6.45, 7) is 7.59. The summed E-state index contributed by atoms with van der Waals surface area (Å²) in [6.07, 6.45) is 13.4. The second kappa shape index (κ2) is 14.2. The van der Waals surface area contributed by atoms with Crippen LogP contribution in [-0.4, -0.2) is 46.4 Å². The maximum atomic E-state index is 13.3. The van der Waals surface area contributed by atoms with E-state index in [1.54, 1.807) is 4.90 Å². The number of esters is 1. The number of carbonyl (C=O) groups excluding carboxylic acids is 2. The molecular weight excluding hydrogens is 412 g/mol. The minimum Gasteiger partial charge on any atom is -0.441 e. The van der Waals surface area contributed by atoms with Crippen molar-refractivity contribution in [1.29, 1.82) is 0 Å². The lowest BCUT2D eigenvalue weighted by Crippen LogP contribution is -2.56. The molecule has 174 valence electrons. The molecule has 1 saturated heterocycles. The number of hydrogen-bond acceptors (Lipinski definition) is 6. The van der Waals surface area contributed by atoms with Crippen LogP contribution in [0.15, 0.2) is 12.2 Å². The van der Waals surface area contributed by atoms with Gasteiger partial charge in [-0.15, -0.1) is 10.2 Å². The maximum absolute atomic E-state index is 13.3. The van der Waals surface area contributed by atoms with Gasteiger partial charge in [-0.25, -0.2) is 9.69 Å². The molecule has 1 aliphatic rings. The molecule has 2 rings (SSSR count). The number of hydrogen-bond donors (Lipinski definition) is 0. The third kappa shape index (κ3) is 8.24. The Hall–Kier alpha value is -1.96. The fourth-order valence-electron chi connectivity index (χ4n) is 3.57. The topological polar surface area (TPSA) is 75.6 Å². The summed E-state index contributed by atoms with van der Waals surface area (Å²) in [5, 5.41) is 10.0. The molecule has 0 saturated carbocycles. The minimum atomic E-state index is -0.617. The number of nitrogens with zero attached hydrogens (tertiary/aromatic N) is 4. The molecule has 0 radical (unpaired) electrons. The smallest absolute Gasteiger partial charge is 0.329 e. The van der Waals surface area contributed by atoms with Gasteiger partial charge in [0.1, 0.15) is 5.01 Å². The van der Waals surface area contributed by atoms with Crippen LogP contribution in [0.5, 0.6) is 0 Å². The van der Waals surface area contributed by atoms with Gasteiger partial charge < -0.3 is 9.64 Å². The number of aryl methyl sites for hydroxylation is 1. The van der Waals surface area contributed by atoms with Crippen LogP contribution in [0, 0.1) is 0 Å². The minimum absolute atomic E-state index is 0.134. The van der Waals surface area contributed by atoms with Crippen LogP contribution >= 0.6 is 11.3 Å². The van der Waals surface area contributed by atoms with Gasteiger partial charge >= 0.3 is 12.0 Å². The average Bonchev–Trinajstić information content (AvgIpc) is 3.21. The monoisotopic (exact) mass is 450 g/mol. The molecule has 8 heteroatoms. The lowest BCUT2D eigenvalue weighted by atomic mass is 10.2. The Morgan fingerprint density at radius 3 is 2.68 bits per heavy atom. The van der Waals surface area contributed by atoms with Gasteiger partial charge in [0, 0.05) is 32.4 Å². The van der Waals surface area contributed by atoms with Crippen molar-refractivity contribution >= 4 is 28.5 Å². The molecule has 0 N–H and O–H groups in total. The van der Waals surface area contributed by atoms with Crippen LogP contribution < -0.4 is 4.90 Å². The number of aromatic nitrogens is 2. The van der Waals surface area contributed by atoms with Crippen LogP contribution in [0.25, 0.3) is 0 Å². The summed E-state index contributed by atoms with van der Waals surface area (Å²) in [6, 6.07) is -0.134. The molecule has 1 aliphatic heterocycles. The highest BCUT2D eigenvalue weighted by molar-refractivity contribution is 7.15. The number of carbonyl (C=O) groups is 2. The number of ether oxygens (including phenoxy) is 1. The van der Waals surface area contributed by atoms with E-state index in [9.17, 15) is 9.59 Å². The molecule has 0 spiro atoms. The molecule has 7 nitrogen and oxygen atoms in total. The number of urea groups is 1. The zero-order valence-electron chi connectivity index (χ0n) is 19.3. The molecule has 0 aromatic carbocycles. The van der Waals surface area contributed by atoms with Crippen molar-refractivity contribution in [2.75, 3.05) is 18.0 Å². The van der Waals surface area contributed by atoms with Crippen molar-refractivity contribution in [3.05, 3.63) is 17.2 Å². The van der Waals surface area contributed by atoms with Crippen molar-refractivity contribution in [1.82, 2.24) is 15.1 Å². The number of unbranched alkanes of at least 4 members (excludes halogenated alkanes) is 5. The maximum Gasteiger partial charge on any atom is 0.329 e. The van der Waals surface area contributed by atoms with Gasteiger partial charge in [-0.1, -0.05) is 69.4 Å². The van der Waals surface area contributed by atoms with E-state index in [0.29, 0.717) is 30.9 Å². The van der Waals surface area contributed by atoms with E-state index in [1.807, 2.05) is 24.0 Å². The molecule has 1 aromatic heterocycles. The van der Waals surface area contributed by atoms with Crippen LogP contribution in [-0.2, 0) is 16.0 Å². The van der Waals surface area contributed by atoms with Crippen LogP contribution in [0.4, 0.5) is 9.93 Å². The third-order valence-electron chi connectivity index (χ3n) is 5.37. The third-order valence-corrected chi connectivity index (χ3v) is 6.35. The molecule has 1 unspecified atom stereocenters. The fourth-order valence-corrected chi connectivity index (χ4v) is 4.48. The molecule has 0 bridgehead atoms. The largest absolute Gasteiger partial charge is 0.441 e.